The first-order valence-corrected chi connectivity index (χ1v) is 14.6. The number of Topliss-reactive ketones (excluding diaryl/α,β-unsaturated/α-hetero) is 1. The van der Waals surface area contributed by atoms with Gasteiger partial charge in [-0.25, -0.2) is 0 Å². The van der Waals surface area contributed by atoms with Crippen LogP contribution in [-0.2, 0) is 19.1 Å². The van der Waals surface area contributed by atoms with E-state index in [1.54, 1.807) is 39.8 Å². The van der Waals surface area contributed by atoms with Gasteiger partial charge in [-0.15, -0.1) is 0 Å². The number of carbonyl (C=O) groups excluding carboxylic acids is 3. The monoisotopic (exact) mass is 551 g/mol. The molecule has 0 aliphatic rings. The highest BCUT2D eigenvalue weighted by Crippen LogP contribution is 2.26. The molecule has 0 amide bonds. The number of carbonyl (C=O) groups is 3. The molecular formula is C31H50ClNO5. The van der Waals surface area contributed by atoms with E-state index < -0.39 is 29.2 Å². The Hall–Kier alpha value is -2.08. The fourth-order valence-corrected chi connectivity index (χ4v) is 4.55. The Balaban J connectivity index is 2.64. The highest BCUT2D eigenvalue weighted by molar-refractivity contribution is 6.34. The van der Waals surface area contributed by atoms with Crippen LogP contribution in [0.1, 0.15) is 111 Å². The van der Waals surface area contributed by atoms with E-state index in [4.69, 9.17) is 21.1 Å². The lowest BCUT2D eigenvalue weighted by Crippen LogP contribution is -2.38. The predicted molar refractivity (Wildman–Crippen MR) is 156 cm³/mol. The minimum atomic E-state index is -1.69. The summed E-state index contributed by atoms with van der Waals surface area (Å²) in [5.74, 6) is -2.07. The van der Waals surface area contributed by atoms with Crippen molar-refractivity contribution in [2.75, 3.05) is 18.5 Å². The molecule has 0 spiro atoms. The largest absolute Gasteiger partial charge is 0.465 e. The van der Waals surface area contributed by atoms with Crippen molar-refractivity contribution >= 4 is 35.0 Å². The van der Waals surface area contributed by atoms with Gasteiger partial charge in [-0.3, -0.25) is 14.4 Å². The summed E-state index contributed by atoms with van der Waals surface area (Å²) in [4.78, 5) is 38.2. The van der Waals surface area contributed by atoms with Crippen LogP contribution < -0.4 is 5.32 Å². The van der Waals surface area contributed by atoms with E-state index >= 15 is 0 Å². The minimum Gasteiger partial charge on any atom is -0.465 e. The van der Waals surface area contributed by atoms with Crippen molar-refractivity contribution in [3.05, 3.63) is 28.8 Å². The standard InChI is InChI=1S/C31H50ClNO5/c1-9-37-29(35)27(30(36)38-31(6,7)8)28(34)24-16-17-26(25(32)20-24)33-19-18-23(5)15-11-14-22(4)13-10-12-21(2)3/h16-17,20-23,27,33H,9-15,18-19H2,1-8H3. The first kappa shape index (κ1) is 33.9. The molecule has 216 valence electrons. The van der Waals surface area contributed by atoms with Gasteiger partial charge in [-0.2, -0.15) is 0 Å². The van der Waals surface area contributed by atoms with Gasteiger partial charge in [0.2, 0.25) is 5.92 Å². The molecule has 1 rings (SSSR count). The van der Waals surface area contributed by atoms with Crippen LogP contribution in [0.15, 0.2) is 18.2 Å². The Bertz CT molecular complexity index is 893. The van der Waals surface area contributed by atoms with Crippen LogP contribution in [0.3, 0.4) is 0 Å². The highest BCUT2D eigenvalue weighted by atomic mass is 35.5. The lowest BCUT2D eigenvalue weighted by molar-refractivity contribution is -0.166. The maximum absolute atomic E-state index is 13.1. The number of ketones is 1. The van der Waals surface area contributed by atoms with Crippen molar-refractivity contribution in [3.63, 3.8) is 0 Å². The van der Waals surface area contributed by atoms with Crippen LogP contribution in [0.2, 0.25) is 5.02 Å². The van der Waals surface area contributed by atoms with Crippen LogP contribution in [0.25, 0.3) is 0 Å². The van der Waals surface area contributed by atoms with Crippen LogP contribution in [0.4, 0.5) is 5.69 Å². The maximum Gasteiger partial charge on any atom is 0.328 e. The summed E-state index contributed by atoms with van der Waals surface area (Å²) >= 11 is 6.45. The van der Waals surface area contributed by atoms with E-state index in [2.05, 4.69) is 33.0 Å². The maximum atomic E-state index is 13.1. The van der Waals surface area contributed by atoms with Crippen molar-refractivity contribution in [1.82, 2.24) is 0 Å². The van der Waals surface area contributed by atoms with Crippen LogP contribution in [0.5, 0.6) is 0 Å². The zero-order valence-corrected chi connectivity index (χ0v) is 25.6. The normalized spacial score (nSPS) is 14.1. The number of nitrogens with one attached hydrogen (secondary N) is 1. The quantitative estimate of drug-likeness (QED) is 0.120. The topological polar surface area (TPSA) is 81.7 Å². The van der Waals surface area contributed by atoms with E-state index in [0.29, 0.717) is 16.6 Å². The minimum absolute atomic E-state index is 0.0464. The van der Waals surface area contributed by atoms with Gasteiger partial charge in [0.1, 0.15) is 5.60 Å². The van der Waals surface area contributed by atoms with Crippen molar-refractivity contribution < 1.29 is 23.9 Å². The average molecular weight is 552 g/mol. The average Bonchev–Trinajstić information content (AvgIpc) is 2.79. The molecule has 0 radical (unpaired) electrons. The number of hydrogen-bond donors (Lipinski definition) is 1. The smallest absolute Gasteiger partial charge is 0.328 e. The molecule has 0 saturated heterocycles. The molecule has 1 aromatic rings. The van der Waals surface area contributed by atoms with Gasteiger partial charge in [-0.05, 0) is 70.1 Å². The molecular weight excluding hydrogens is 502 g/mol. The molecule has 0 aliphatic carbocycles. The van der Waals surface area contributed by atoms with E-state index in [1.165, 1.54) is 44.6 Å². The first-order valence-electron chi connectivity index (χ1n) is 14.2. The van der Waals surface area contributed by atoms with Gasteiger partial charge in [-0.1, -0.05) is 77.8 Å². The molecule has 1 aromatic carbocycles. The van der Waals surface area contributed by atoms with Crippen LogP contribution >= 0.6 is 11.6 Å². The lowest BCUT2D eigenvalue weighted by Gasteiger charge is -2.22. The molecule has 0 heterocycles. The van der Waals surface area contributed by atoms with Crippen molar-refractivity contribution in [1.29, 1.82) is 0 Å². The number of rotatable bonds is 17. The molecule has 0 fully saturated rings. The Morgan fingerprint density at radius 3 is 2.00 bits per heavy atom. The summed E-state index contributed by atoms with van der Waals surface area (Å²) in [6.07, 6.45) is 8.73. The molecule has 0 bridgehead atoms. The summed E-state index contributed by atoms with van der Waals surface area (Å²) in [6, 6.07) is 4.75. The van der Waals surface area contributed by atoms with Gasteiger partial charge in [0.25, 0.3) is 0 Å². The van der Waals surface area contributed by atoms with E-state index in [9.17, 15) is 14.4 Å². The summed E-state index contributed by atoms with van der Waals surface area (Å²) < 4.78 is 10.3. The number of hydrogen-bond acceptors (Lipinski definition) is 6. The summed E-state index contributed by atoms with van der Waals surface area (Å²) in [7, 11) is 0. The second-order valence-corrected chi connectivity index (χ2v) is 12.4. The molecule has 0 aliphatic heterocycles. The number of anilines is 1. The Morgan fingerprint density at radius 1 is 0.895 bits per heavy atom. The summed E-state index contributed by atoms with van der Waals surface area (Å²) in [6.45, 7) is 16.7. The third kappa shape index (κ3) is 13.1. The van der Waals surface area contributed by atoms with Crippen LogP contribution in [-0.4, -0.2) is 36.5 Å². The second kappa shape index (κ2) is 16.8. The van der Waals surface area contributed by atoms with Gasteiger partial charge >= 0.3 is 11.9 Å². The SMILES string of the molecule is CCOC(=O)C(C(=O)OC(C)(C)C)C(=O)c1ccc(NCCC(C)CCCC(C)CCCC(C)C)c(Cl)c1. The van der Waals surface area contributed by atoms with E-state index in [-0.39, 0.29) is 12.2 Å². The number of benzene rings is 1. The van der Waals surface area contributed by atoms with Gasteiger partial charge in [0.05, 0.1) is 17.3 Å². The second-order valence-electron chi connectivity index (χ2n) is 12.0. The Labute approximate surface area is 235 Å². The number of ether oxygens (including phenoxy) is 2. The molecule has 7 heteroatoms. The van der Waals surface area contributed by atoms with Crippen molar-refractivity contribution in [3.8, 4) is 0 Å². The third-order valence-electron chi connectivity index (χ3n) is 6.51. The van der Waals surface area contributed by atoms with Gasteiger partial charge in [0.15, 0.2) is 5.78 Å². The molecule has 6 nitrogen and oxygen atoms in total. The van der Waals surface area contributed by atoms with E-state index in [0.717, 1.165) is 24.8 Å². The lowest BCUT2D eigenvalue weighted by atomic mass is 9.92. The third-order valence-corrected chi connectivity index (χ3v) is 6.82. The fourth-order valence-electron chi connectivity index (χ4n) is 4.31. The number of esters is 2. The van der Waals surface area contributed by atoms with Gasteiger partial charge < -0.3 is 14.8 Å². The summed E-state index contributed by atoms with van der Waals surface area (Å²) in [5.41, 5.74) is 0.00981. The molecule has 0 aromatic heterocycles. The van der Waals surface area contributed by atoms with Crippen molar-refractivity contribution in [2.45, 2.75) is 106 Å². The first-order chi connectivity index (χ1) is 17.7. The zero-order valence-electron chi connectivity index (χ0n) is 24.8. The zero-order chi connectivity index (χ0) is 28.9. The summed E-state index contributed by atoms with van der Waals surface area (Å²) in [5, 5.41) is 3.70. The molecule has 3 unspecified atom stereocenters. The van der Waals surface area contributed by atoms with Gasteiger partial charge in [0, 0.05) is 12.1 Å². The highest BCUT2D eigenvalue weighted by Gasteiger charge is 2.39. The molecule has 3 atom stereocenters. The van der Waals surface area contributed by atoms with E-state index in [1.807, 2.05) is 0 Å². The predicted octanol–water partition coefficient (Wildman–Crippen LogP) is 8.11. The molecule has 1 N–H and O–H groups in total. The Morgan fingerprint density at radius 2 is 1.47 bits per heavy atom. The molecule has 0 saturated carbocycles. The van der Waals surface area contributed by atoms with Crippen molar-refractivity contribution in [2.24, 2.45) is 23.7 Å². The Kier molecular flexibility index (Phi) is 15.0. The van der Waals surface area contributed by atoms with Crippen LogP contribution in [0, 0.1) is 23.7 Å². The fraction of sp³-hybridized carbons (Fsp3) is 0.710. The molecule has 38 heavy (non-hydrogen) atoms. The number of halogens is 1.